The summed E-state index contributed by atoms with van der Waals surface area (Å²) in [6.07, 6.45) is 8.48. The van der Waals surface area contributed by atoms with E-state index in [9.17, 15) is 0 Å². The molecule has 2 aliphatic rings. The molecule has 0 bridgehead atoms. The highest BCUT2D eigenvalue weighted by molar-refractivity contribution is 6.18. The molecule has 88 valence electrons. The van der Waals surface area contributed by atoms with E-state index in [-0.39, 0.29) is 0 Å². The highest BCUT2D eigenvalue weighted by atomic mass is 35.5. The molecule has 4 unspecified atom stereocenters. The highest BCUT2D eigenvalue weighted by Gasteiger charge is 2.34. The van der Waals surface area contributed by atoms with Gasteiger partial charge in [0.15, 0.2) is 0 Å². The number of ether oxygens (including phenoxy) is 1. The van der Waals surface area contributed by atoms with Gasteiger partial charge in [-0.2, -0.15) is 0 Å². The molecule has 1 heterocycles. The Labute approximate surface area is 98.5 Å². The van der Waals surface area contributed by atoms with Crippen molar-refractivity contribution in [3.05, 3.63) is 0 Å². The number of rotatable bonds is 2. The van der Waals surface area contributed by atoms with E-state index >= 15 is 0 Å². The van der Waals surface area contributed by atoms with Crippen molar-refractivity contribution in [2.75, 3.05) is 12.5 Å². The summed E-state index contributed by atoms with van der Waals surface area (Å²) in [5.41, 5.74) is 0. The van der Waals surface area contributed by atoms with Crippen LogP contribution in [-0.4, -0.2) is 18.6 Å². The average molecular weight is 231 g/mol. The summed E-state index contributed by atoms with van der Waals surface area (Å²) >= 11 is 6.05. The van der Waals surface area contributed by atoms with Crippen LogP contribution in [0.4, 0.5) is 0 Å². The molecular formula is C13H23ClO. The van der Waals surface area contributed by atoms with Crippen molar-refractivity contribution in [2.24, 2.45) is 17.8 Å². The second-order valence-electron chi connectivity index (χ2n) is 5.42. The van der Waals surface area contributed by atoms with Gasteiger partial charge in [0.2, 0.25) is 0 Å². The molecule has 2 heteroatoms. The van der Waals surface area contributed by atoms with Crippen LogP contribution in [0.15, 0.2) is 0 Å². The first kappa shape index (κ1) is 11.7. The molecule has 0 spiro atoms. The summed E-state index contributed by atoms with van der Waals surface area (Å²) in [4.78, 5) is 0. The van der Waals surface area contributed by atoms with Crippen molar-refractivity contribution in [2.45, 2.75) is 51.6 Å². The average Bonchev–Trinajstić information content (AvgIpc) is 2.29. The van der Waals surface area contributed by atoms with E-state index in [4.69, 9.17) is 16.3 Å². The summed E-state index contributed by atoms with van der Waals surface area (Å²) < 4.78 is 5.98. The Morgan fingerprint density at radius 2 is 2.07 bits per heavy atom. The molecule has 1 aliphatic carbocycles. The minimum atomic E-state index is 0.471. The van der Waals surface area contributed by atoms with Crippen molar-refractivity contribution >= 4 is 11.6 Å². The van der Waals surface area contributed by atoms with E-state index < -0.39 is 0 Å². The Bertz CT molecular complexity index is 195. The van der Waals surface area contributed by atoms with Crippen molar-refractivity contribution in [1.29, 1.82) is 0 Å². The van der Waals surface area contributed by atoms with Gasteiger partial charge < -0.3 is 4.74 Å². The van der Waals surface area contributed by atoms with Gasteiger partial charge in [0.1, 0.15) is 0 Å². The second-order valence-corrected chi connectivity index (χ2v) is 5.73. The van der Waals surface area contributed by atoms with Gasteiger partial charge in [0.05, 0.1) is 6.10 Å². The van der Waals surface area contributed by atoms with Crippen molar-refractivity contribution in [3.8, 4) is 0 Å². The molecule has 1 saturated carbocycles. The lowest BCUT2D eigenvalue weighted by atomic mass is 9.75. The fourth-order valence-corrected chi connectivity index (χ4v) is 3.66. The SMILES string of the molecule is CC1CCCC(C2OCCCC2CCl)C1. The molecule has 0 radical (unpaired) electrons. The Hall–Kier alpha value is 0.250. The molecule has 1 aliphatic heterocycles. The maximum absolute atomic E-state index is 6.05. The lowest BCUT2D eigenvalue weighted by Gasteiger charge is -2.39. The molecule has 1 nitrogen and oxygen atoms in total. The summed E-state index contributed by atoms with van der Waals surface area (Å²) in [6, 6.07) is 0. The zero-order chi connectivity index (χ0) is 10.7. The third-order valence-electron chi connectivity index (χ3n) is 4.13. The maximum Gasteiger partial charge on any atom is 0.0642 e. The highest BCUT2D eigenvalue weighted by Crippen LogP contribution is 2.37. The number of halogens is 1. The minimum Gasteiger partial charge on any atom is -0.378 e. The Balaban J connectivity index is 1.94. The molecule has 0 aromatic heterocycles. The third-order valence-corrected chi connectivity index (χ3v) is 4.53. The van der Waals surface area contributed by atoms with Crippen LogP contribution < -0.4 is 0 Å². The summed E-state index contributed by atoms with van der Waals surface area (Å²) in [5, 5.41) is 0. The fraction of sp³-hybridized carbons (Fsp3) is 1.00. The predicted octanol–water partition coefficient (Wildman–Crippen LogP) is 3.85. The maximum atomic E-state index is 6.05. The smallest absolute Gasteiger partial charge is 0.0642 e. The van der Waals surface area contributed by atoms with Crippen LogP contribution in [0, 0.1) is 17.8 Å². The normalized spacial score (nSPS) is 42.8. The van der Waals surface area contributed by atoms with Gasteiger partial charge >= 0.3 is 0 Å². The van der Waals surface area contributed by atoms with Crippen molar-refractivity contribution < 1.29 is 4.74 Å². The van der Waals surface area contributed by atoms with E-state index in [2.05, 4.69) is 6.92 Å². The van der Waals surface area contributed by atoms with Crippen LogP contribution in [0.2, 0.25) is 0 Å². The van der Waals surface area contributed by atoms with Crippen LogP contribution in [0.1, 0.15) is 45.4 Å². The molecule has 0 aromatic carbocycles. The molecule has 15 heavy (non-hydrogen) atoms. The molecule has 2 fully saturated rings. The summed E-state index contributed by atoms with van der Waals surface area (Å²) in [5.74, 6) is 3.09. The lowest BCUT2D eigenvalue weighted by molar-refractivity contribution is -0.0663. The first-order chi connectivity index (χ1) is 7.31. The topological polar surface area (TPSA) is 9.23 Å². The number of hydrogen-bond donors (Lipinski definition) is 0. The second kappa shape index (κ2) is 5.54. The fourth-order valence-electron chi connectivity index (χ4n) is 3.33. The monoisotopic (exact) mass is 230 g/mol. The largest absolute Gasteiger partial charge is 0.378 e. The summed E-state index contributed by atoms with van der Waals surface area (Å²) in [6.45, 7) is 3.34. The standard InChI is InChI=1S/C13H23ClO/c1-10-4-2-5-11(8-10)13-12(9-14)6-3-7-15-13/h10-13H,2-9H2,1H3. The lowest BCUT2D eigenvalue weighted by Crippen LogP contribution is -2.39. The quantitative estimate of drug-likeness (QED) is 0.655. The van der Waals surface area contributed by atoms with E-state index in [1.54, 1.807) is 0 Å². The van der Waals surface area contributed by atoms with E-state index in [1.165, 1.54) is 38.5 Å². The third kappa shape index (κ3) is 2.88. The van der Waals surface area contributed by atoms with Crippen LogP contribution in [-0.2, 0) is 4.74 Å². The Kier molecular flexibility index (Phi) is 4.33. The molecule has 1 saturated heterocycles. The van der Waals surface area contributed by atoms with Gasteiger partial charge in [0, 0.05) is 12.5 Å². The van der Waals surface area contributed by atoms with Crippen molar-refractivity contribution in [3.63, 3.8) is 0 Å². The Morgan fingerprint density at radius 3 is 2.80 bits per heavy atom. The van der Waals surface area contributed by atoms with Crippen LogP contribution in [0.5, 0.6) is 0 Å². The van der Waals surface area contributed by atoms with Gasteiger partial charge in [-0.25, -0.2) is 0 Å². The number of hydrogen-bond acceptors (Lipinski definition) is 1. The van der Waals surface area contributed by atoms with Gasteiger partial charge in [-0.3, -0.25) is 0 Å². The first-order valence-electron chi connectivity index (χ1n) is 6.49. The van der Waals surface area contributed by atoms with E-state index in [0.29, 0.717) is 12.0 Å². The van der Waals surface area contributed by atoms with Crippen molar-refractivity contribution in [1.82, 2.24) is 0 Å². The molecule has 0 aromatic rings. The zero-order valence-electron chi connectivity index (χ0n) is 9.75. The molecular weight excluding hydrogens is 208 g/mol. The predicted molar refractivity (Wildman–Crippen MR) is 64.3 cm³/mol. The van der Waals surface area contributed by atoms with Gasteiger partial charge in [-0.05, 0) is 43.4 Å². The summed E-state index contributed by atoms with van der Waals surface area (Å²) in [7, 11) is 0. The van der Waals surface area contributed by atoms with Crippen LogP contribution in [0.3, 0.4) is 0 Å². The van der Waals surface area contributed by atoms with Gasteiger partial charge in [-0.15, -0.1) is 11.6 Å². The number of alkyl halides is 1. The Morgan fingerprint density at radius 1 is 1.20 bits per heavy atom. The first-order valence-corrected chi connectivity index (χ1v) is 7.02. The van der Waals surface area contributed by atoms with Gasteiger partial charge in [-0.1, -0.05) is 19.8 Å². The van der Waals surface area contributed by atoms with Gasteiger partial charge in [0.25, 0.3) is 0 Å². The van der Waals surface area contributed by atoms with Crippen LogP contribution >= 0.6 is 11.6 Å². The van der Waals surface area contributed by atoms with E-state index in [0.717, 1.165) is 24.3 Å². The minimum absolute atomic E-state index is 0.471. The van der Waals surface area contributed by atoms with E-state index in [1.807, 2.05) is 0 Å². The molecule has 2 rings (SSSR count). The molecule has 0 amide bonds. The van der Waals surface area contributed by atoms with Crippen LogP contribution in [0.25, 0.3) is 0 Å². The zero-order valence-corrected chi connectivity index (χ0v) is 10.5. The molecule has 4 atom stereocenters. The molecule has 0 N–H and O–H groups in total.